The lowest BCUT2D eigenvalue weighted by Crippen LogP contribution is -2.69. The molecular weight excluding hydrogens is 668 g/mol. The molecule has 3 rings (SSSR count). The van der Waals surface area contributed by atoms with Crippen molar-refractivity contribution >= 4 is 17.8 Å². The summed E-state index contributed by atoms with van der Waals surface area (Å²) in [7, 11) is 0. The van der Waals surface area contributed by atoms with Gasteiger partial charge in [0.25, 0.3) is 5.79 Å². The van der Waals surface area contributed by atoms with E-state index in [2.05, 4.69) is 16.6 Å². The fourth-order valence-electron chi connectivity index (χ4n) is 5.71. The van der Waals surface area contributed by atoms with Gasteiger partial charge in [0.1, 0.15) is 73.7 Å². The number of carbonyl (C=O) groups is 3. The van der Waals surface area contributed by atoms with Crippen molar-refractivity contribution in [3.05, 3.63) is 0 Å². The van der Waals surface area contributed by atoms with Crippen LogP contribution in [0.5, 0.6) is 0 Å². The van der Waals surface area contributed by atoms with Gasteiger partial charge in [-0.25, -0.2) is 4.79 Å². The molecule has 3 heterocycles. The number of hydrogen-bond donors (Lipinski definition) is 12. The van der Waals surface area contributed by atoms with Gasteiger partial charge in [0.15, 0.2) is 12.6 Å². The number of rotatable bonds is 14. The zero-order valence-electron chi connectivity index (χ0n) is 26.4. The Bertz CT molecular complexity index is 1170. The number of amides is 2. The van der Waals surface area contributed by atoms with E-state index in [0.717, 1.165) is 13.8 Å². The highest BCUT2D eigenvalue weighted by molar-refractivity contribution is 5.76. The molecule has 0 radical (unpaired) electrons. The van der Waals surface area contributed by atoms with Crippen molar-refractivity contribution in [3.63, 3.8) is 0 Å². The number of terminal acetylenes is 1. The zero-order valence-corrected chi connectivity index (χ0v) is 26.4. The fourth-order valence-corrected chi connectivity index (χ4v) is 5.71. The zero-order chi connectivity index (χ0) is 36.8. The lowest BCUT2D eigenvalue weighted by atomic mass is 9.88. The van der Waals surface area contributed by atoms with Crippen LogP contribution in [0, 0.1) is 12.3 Å². The summed E-state index contributed by atoms with van der Waals surface area (Å²) < 4.78 is 33.2. The van der Waals surface area contributed by atoms with Gasteiger partial charge in [-0.05, 0) is 0 Å². The van der Waals surface area contributed by atoms with Gasteiger partial charge in [-0.2, -0.15) is 0 Å². The molecule has 0 aromatic carbocycles. The molecule has 0 bridgehead atoms. The van der Waals surface area contributed by atoms with Crippen LogP contribution in [0.25, 0.3) is 0 Å². The molecule has 280 valence electrons. The second-order valence-electron chi connectivity index (χ2n) is 11.8. The SMILES string of the molecule is C#CCO[C@@H]1O[C@H](CO)[C@@H](O[C@@H]2O[C@H](CO[C@]3(C(=O)O)C[C@H](O)[C@@H](NC(C)=O)[C@H]([C@H](O)[C@H](O)CO)O3)[C@H](O)[C@H](O)[C@H]2O)[C@H](O)[C@H]1NC(C)=O. The number of aliphatic carboxylic acids is 1. The highest BCUT2D eigenvalue weighted by Gasteiger charge is 2.57. The lowest BCUT2D eigenvalue weighted by Gasteiger charge is -2.48. The number of nitrogens with one attached hydrogen (secondary N) is 2. The van der Waals surface area contributed by atoms with E-state index in [1.165, 1.54) is 0 Å². The molecule has 16 atom stereocenters. The van der Waals surface area contributed by atoms with Gasteiger partial charge in [-0.3, -0.25) is 9.59 Å². The number of aliphatic hydroxyl groups excluding tert-OH is 9. The summed E-state index contributed by atoms with van der Waals surface area (Å²) in [5.74, 6) is -3.88. The van der Waals surface area contributed by atoms with Gasteiger partial charge in [-0.15, -0.1) is 6.42 Å². The van der Waals surface area contributed by atoms with Crippen molar-refractivity contribution in [2.24, 2.45) is 0 Å². The van der Waals surface area contributed by atoms with Gasteiger partial charge in [0.2, 0.25) is 11.8 Å². The summed E-state index contributed by atoms with van der Waals surface area (Å²) >= 11 is 0. The van der Waals surface area contributed by atoms with E-state index in [0.29, 0.717) is 0 Å². The maximum Gasteiger partial charge on any atom is 0.364 e. The van der Waals surface area contributed by atoms with Crippen LogP contribution in [0.15, 0.2) is 0 Å². The van der Waals surface area contributed by atoms with E-state index in [9.17, 15) is 65.4 Å². The molecule has 3 saturated heterocycles. The predicted molar refractivity (Wildman–Crippen MR) is 154 cm³/mol. The molecule has 0 aromatic heterocycles. The van der Waals surface area contributed by atoms with Crippen molar-refractivity contribution in [3.8, 4) is 12.3 Å². The molecule has 49 heavy (non-hydrogen) atoms. The molecular formula is C28H44N2O19. The number of ether oxygens (including phenoxy) is 6. The number of aliphatic hydroxyl groups is 9. The summed E-state index contributed by atoms with van der Waals surface area (Å²) in [6, 6.07) is -2.81. The van der Waals surface area contributed by atoms with E-state index < -0.39 is 142 Å². The van der Waals surface area contributed by atoms with Gasteiger partial charge in [0.05, 0.1) is 32.0 Å². The average molecular weight is 713 g/mol. The average Bonchev–Trinajstić information content (AvgIpc) is 3.05. The van der Waals surface area contributed by atoms with Crippen LogP contribution in [0.3, 0.4) is 0 Å². The molecule has 0 unspecified atom stereocenters. The highest BCUT2D eigenvalue weighted by Crippen LogP contribution is 2.35. The molecule has 12 N–H and O–H groups in total. The summed E-state index contributed by atoms with van der Waals surface area (Å²) in [6.07, 6.45) is -19.1. The number of carbonyl (C=O) groups excluding carboxylic acids is 2. The fraction of sp³-hybridized carbons (Fsp3) is 0.821. The molecule has 0 saturated carbocycles. The molecule has 0 aliphatic carbocycles. The van der Waals surface area contributed by atoms with E-state index in [-0.39, 0.29) is 6.61 Å². The van der Waals surface area contributed by atoms with Gasteiger partial charge < -0.3 is 90.1 Å². The van der Waals surface area contributed by atoms with Crippen LogP contribution in [-0.4, -0.2) is 193 Å². The van der Waals surface area contributed by atoms with E-state index in [1.807, 2.05) is 0 Å². The quantitative estimate of drug-likeness (QED) is 0.0744. The monoisotopic (exact) mass is 712 g/mol. The molecule has 21 nitrogen and oxygen atoms in total. The second-order valence-corrected chi connectivity index (χ2v) is 11.8. The van der Waals surface area contributed by atoms with Crippen LogP contribution in [0.4, 0.5) is 0 Å². The van der Waals surface area contributed by atoms with Crippen molar-refractivity contribution < 1.29 is 93.9 Å². The Labute approximate surface area is 279 Å². The Hall–Kier alpha value is -2.63. The van der Waals surface area contributed by atoms with Crippen LogP contribution in [0.1, 0.15) is 20.3 Å². The highest BCUT2D eigenvalue weighted by atomic mass is 16.8. The maximum atomic E-state index is 12.5. The Morgan fingerprint density at radius 2 is 1.53 bits per heavy atom. The smallest absolute Gasteiger partial charge is 0.364 e. The van der Waals surface area contributed by atoms with E-state index in [4.69, 9.17) is 34.8 Å². The summed E-state index contributed by atoms with van der Waals surface area (Å²) in [6.45, 7) is -0.905. The van der Waals surface area contributed by atoms with Crippen LogP contribution < -0.4 is 10.6 Å². The Morgan fingerprint density at radius 1 is 0.918 bits per heavy atom. The molecule has 21 heteroatoms. The van der Waals surface area contributed by atoms with Crippen LogP contribution in [0.2, 0.25) is 0 Å². The van der Waals surface area contributed by atoms with Gasteiger partial charge >= 0.3 is 5.97 Å². The normalized spacial score (nSPS) is 40.8. The largest absolute Gasteiger partial charge is 0.477 e. The van der Waals surface area contributed by atoms with Crippen LogP contribution in [-0.2, 0) is 42.8 Å². The Morgan fingerprint density at radius 3 is 2.08 bits per heavy atom. The third-order valence-corrected chi connectivity index (χ3v) is 8.18. The summed E-state index contributed by atoms with van der Waals surface area (Å²) in [5.41, 5.74) is 0. The van der Waals surface area contributed by atoms with E-state index in [1.54, 1.807) is 0 Å². The number of carboxylic acid groups (broad SMARTS) is 1. The first-order valence-electron chi connectivity index (χ1n) is 15.1. The third kappa shape index (κ3) is 9.38. The first-order valence-corrected chi connectivity index (χ1v) is 15.1. The van der Waals surface area contributed by atoms with Crippen LogP contribution >= 0.6 is 0 Å². The van der Waals surface area contributed by atoms with Crippen molar-refractivity contribution in [2.45, 2.75) is 118 Å². The Balaban J connectivity index is 1.84. The lowest BCUT2D eigenvalue weighted by molar-refractivity contribution is -0.359. The topological polar surface area (TPSA) is 333 Å². The summed E-state index contributed by atoms with van der Waals surface area (Å²) in [4.78, 5) is 36.1. The maximum absolute atomic E-state index is 12.5. The molecule has 0 spiro atoms. The molecule has 0 aromatic rings. The molecule has 3 fully saturated rings. The first-order chi connectivity index (χ1) is 23.0. The van der Waals surface area contributed by atoms with Gasteiger partial charge in [0, 0.05) is 20.3 Å². The minimum atomic E-state index is -2.84. The predicted octanol–water partition coefficient (Wildman–Crippen LogP) is -7.42. The summed E-state index contributed by atoms with van der Waals surface area (Å²) in [5, 5.41) is 109. The minimum Gasteiger partial charge on any atom is -0.477 e. The number of hydrogen-bond acceptors (Lipinski definition) is 18. The molecule has 2 amide bonds. The first kappa shape index (κ1) is 40.8. The van der Waals surface area contributed by atoms with Crippen molar-refractivity contribution in [1.82, 2.24) is 10.6 Å². The minimum absolute atomic E-state index is 0.304. The molecule has 3 aliphatic heterocycles. The number of carboxylic acids is 1. The van der Waals surface area contributed by atoms with E-state index >= 15 is 0 Å². The van der Waals surface area contributed by atoms with Crippen molar-refractivity contribution in [1.29, 1.82) is 0 Å². The standard InChI is InChI=1S/C28H44N2O19/c1-4-5-44-25-17(30-11(3)34)20(39)23(14(8-32)46-25)48-26-22(41)21(40)19(38)15(47-26)9-45-28(27(42)43)6-12(35)16(29-10(2)33)24(49-28)18(37)13(36)7-31/h1,12-26,31-32,35-41H,5-9H2,2-3H3,(H,29,33)(H,30,34)(H,42,43)/t12-,13+,14+,15+,16+,17+,18+,19-,20+,21-,22+,23+,24+,25+,26-,28+/m0/s1. The third-order valence-electron chi connectivity index (χ3n) is 8.18. The van der Waals surface area contributed by atoms with Gasteiger partial charge in [-0.1, -0.05) is 5.92 Å². The second kappa shape index (κ2) is 17.5. The molecule has 3 aliphatic rings. The van der Waals surface area contributed by atoms with Crippen molar-refractivity contribution in [2.75, 3.05) is 26.4 Å². The Kier molecular flexibility index (Phi) is 14.6.